The molecule has 0 amide bonds. The fraction of sp³-hybridized carbons (Fsp3) is 0.500. The summed E-state index contributed by atoms with van der Waals surface area (Å²) in [6, 6.07) is 8.13. The van der Waals surface area contributed by atoms with E-state index in [2.05, 4.69) is 29.1 Å². The van der Waals surface area contributed by atoms with Gasteiger partial charge in [-0.2, -0.15) is 0 Å². The smallest absolute Gasteiger partial charge is 0.0406 e. The summed E-state index contributed by atoms with van der Waals surface area (Å²) in [5.74, 6) is 0. The molecule has 1 aromatic carbocycles. The van der Waals surface area contributed by atoms with Crippen LogP contribution in [-0.2, 0) is 6.54 Å². The lowest BCUT2D eigenvalue weighted by Crippen LogP contribution is -2.35. The molecule has 0 aliphatic carbocycles. The van der Waals surface area contributed by atoms with Crippen LogP contribution in [0.5, 0.6) is 0 Å². The van der Waals surface area contributed by atoms with E-state index in [4.69, 9.17) is 11.6 Å². The molecule has 1 aliphatic heterocycles. The molecule has 1 aromatic rings. The molecule has 0 radical (unpaired) electrons. The molecule has 2 rings (SSSR count). The molecule has 0 saturated carbocycles. The molecule has 0 spiro atoms. The maximum absolute atomic E-state index is 5.86. The van der Waals surface area contributed by atoms with Crippen LogP contribution in [0.1, 0.15) is 18.9 Å². The quantitative estimate of drug-likeness (QED) is 0.779. The Morgan fingerprint density at radius 1 is 1.13 bits per heavy atom. The number of rotatable bonds is 3. The minimum atomic E-state index is 0.813. The summed E-state index contributed by atoms with van der Waals surface area (Å²) >= 11 is 5.86. The Kier molecular flexibility index (Phi) is 3.62. The first-order chi connectivity index (χ1) is 7.29. The van der Waals surface area contributed by atoms with Crippen molar-refractivity contribution in [2.45, 2.75) is 19.9 Å². The van der Waals surface area contributed by atoms with Crippen molar-refractivity contribution < 1.29 is 0 Å². The number of benzene rings is 1. The fourth-order valence-electron chi connectivity index (χ4n) is 2.06. The molecule has 3 heteroatoms. The van der Waals surface area contributed by atoms with Crippen molar-refractivity contribution in [1.82, 2.24) is 10.0 Å². The molecule has 82 valence electrons. The van der Waals surface area contributed by atoms with Gasteiger partial charge in [0.15, 0.2) is 0 Å². The van der Waals surface area contributed by atoms with Gasteiger partial charge in [0.1, 0.15) is 0 Å². The third-order valence-corrected chi connectivity index (χ3v) is 3.13. The van der Waals surface area contributed by atoms with Gasteiger partial charge in [0.25, 0.3) is 0 Å². The molecule has 0 unspecified atom stereocenters. The predicted molar refractivity (Wildman–Crippen MR) is 63.7 cm³/mol. The minimum Gasteiger partial charge on any atom is -0.242 e. The summed E-state index contributed by atoms with van der Waals surface area (Å²) in [6.45, 7) is 6.69. The number of halogens is 1. The summed E-state index contributed by atoms with van der Waals surface area (Å²) in [4.78, 5) is 0. The minimum absolute atomic E-state index is 0.813. The van der Waals surface area contributed by atoms with Crippen molar-refractivity contribution in [2.75, 3.05) is 19.6 Å². The second kappa shape index (κ2) is 4.97. The Bertz CT molecular complexity index is 310. The zero-order valence-corrected chi connectivity index (χ0v) is 9.87. The van der Waals surface area contributed by atoms with Crippen molar-refractivity contribution >= 4 is 11.6 Å². The van der Waals surface area contributed by atoms with Crippen LogP contribution < -0.4 is 0 Å². The van der Waals surface area contributed by atoms with Crippen LogP contribution in [0.4, 0.5) is 0 Å². The zero-order valence-electron chi connectivity index (χ0n) is 9.12. The highest BCUT2D eigenvalue weighted by atomic mass is 35.5. The normalized spacial score (nSPS) is 18.5. The first-order valence-corrected chi connectivity index (χ1v) is 5.91. The topological polar surface area (TPSA) is 6.48 Å². The molecule has 15 heavy (non-hydrogen) atoms. The van der Waals surface area contributed by atoms with Gasteiger partial charge in [0, 0.05) is 31.2 Å². The zero-order chi connectivity index (χ0) is 10.7. The highest BCUT2D eigenvalue weighted by molar-refractivity contribution is 6.30. The molecule has 1 fully saturated rings. The van der Waals surface area contributed by atoms with Gasteiger partial charge >= 0.3 is 0 Å². The third-order valence-electron chi connectivity index (χ3n) is 2.88. The Morgan fingerprint density at radius 2 is 1.80 bits per heavy atom. The van der Waals surface area contributed by atoms with E-state index >= 15 is 0 Å². The van der Waals surface area contributed by atoms with Gasteiger partial charge in [-0.05, 0) is 24.1 Å². The summed E-state index contributed by atoms with van der Waals surface area (Å²) in [5.41, 5.74) is 1.33. The second-order valence-electron chi connectivity index (χ2n) is 3.91. The van der Waals surface area contributed by atoms with Crippen molar-refractivity contribution in [3.8, 4) is 0 Å². The summed E-state index contributed by atoms with van der Waals surface area (Å²) < 4.78 is 0. The van der Waals surface area contributed by atoms with Gasteiger partial charge in [-0.3, -0.25) is 0 Å². The van der Waals surface area contributed by atoms with Crippen molar-refractivity contribution in [1.29, 1.82) is 0 Å². The van der Waals surface area contributed by atoms with Gasteiger partial charge in [-0.15, -0.1) is 0 Å². The van der Waals surface area contributed by atoms with Gasteiger partial charge < -0.3 is 0 Å². The average molecular weight is 225 g/mol. The second-order valence-corrected chi connectivity index (χ2v) is 4.35. The van der Waals surface area contributed by atoms with Crippen LogP contribution in [0.3, 0.4) is 0 Å². The highest BCUT2D eigenvalue weighted by Gasteiger charge is 2.19. The molecular formula is C12H17ClN2. The Hall–Kier alpha value is -0.570. The van der Waals surface area contributed by atoms with E-state index in [0.29, 0.717) is 0 Å². The van der Waals surface area contributed by atoms with Crippen molar-refractivity contribution in [2.24, 2.45) is 0 Å². The summed E-state index contributed by atoms with van der Waals surface area (Å²) in [7, 11) is 0. The fourth-order valence-corrected chi connectivity index (χ4v) is 2.18. The number of nitrogens with zero attached hydrogens (tertiary/aromatic N) is 2. The van der Waals surface area contributed by atoms with Crippen molar-refractivity contribution in [3.05, 3.63) is 34.9 Å². The Balaban J connectivity index is 1.99. The van der Waals surface area contributed by atoms with Gasteiger partial charge in [-0.1, -0.05) is 30.7 Å². The Labute approximate surface area is 96.4 Å². The first kappa shape index (κ1) is 10.9. The van der Waals surface area contributed by atoms with E-state index in [1.165, 1.54) is 25.1 Å². The maximum atomic E-state index is 5.86. The SMILES string of the molecule is CCN1CCCN1Cc1ccc(Cl)cc1. The number of hydrogen-bond donors (Lipinski definition) is 0. The van der Waals surface area contributed by atoms with E-state index in [1.54, 1.807) is 0 Å². The van der Waals surface area contributed by atoms with Crippen LogP contribution in [-0.4, -0.2) is 29.7 Å². The van der Waals surface area contributed by atoms with E-state index in [9.17, 15) is 0 Å². The maximum Gasteiger partial charge on any atom is 0.0406 e. The molecule has 2 nitrogen and oxygen atoms in total. The van der Waals surface area contributed by atoms with Gasteiger partial charge in [0.05, 0.1) is 0 Å². The average Bonchev–Trinajstić information content (AvgIpc) is 2.69. The van der Waals surface area contributed by atoms with Gasteiger partial charge in [-0.25, -0.2) is 10.0 Å². The van der Waals surface area contributed by atoms with E-state index in [0.717, 1.165) is 18.1 Å². The molecule has 1 aliphatic rings. The third kappa shape index (κ3) is 2.71. The molecule has 0 bridgehead atoms. The largest absolute Gasteiger partial charge is 0.242 e. The van der Waals surface area contributed by atoms with Crippen LogP contribution >= 0.6 is 11.6 Å². The van der Waals surface area contributed by atoms with E-state index in [1.807, 2.05) is 12.1 Å². The monoisotopic (exact) mass is 224 g/mol. The lowest BCUT2D eigenvalue weighted by Gasteiger charge is -2.26. The highest BCUT2D eigenvalue weighted by Crippen LogP contribution is 2.16. The standard InChI is InChI=1S/C12H17ClN2/c1-2-14-8-3-9-15(14)10-11-4-6-12(13)7-5-11/h4-7H,2-3,8-10H2,1H3. The Morgan fingerprint density at radius 3 is 2.47 bits per heavy atom. The molecule has 1 heterocycles. The van der Waals surface area contributed by atoms with Crippen LogP contribution in [0.2, 0.25) is 5.02 Å². The van der Waals surface area contributed by atoms with E-state index in [-0.39, 0.29) is 0 Å². The summed E-state index contributed by atoms with van der Waals surface area (Å²) in [5, 5.41) is 5.64. The van der Waals surface area contributed by atoms with Crippen molar-refractivity contribution in [3.63, 3.8) is 0 Å². The number of hydrazine groups is 1. The molecular weight excluding hydrogens is 208 g/mol. The summed E-state index contributed by atoms with van der Waals surface area (Å²) in [6.07, 6.45) is 1.28. The molecule has 0 aromatic heterocycles. The molecule has 0 N–H and O–H groups in total. The van der Waals surface area contributed by atoms with Crippen LogP contribution in [0.15, 0.2) is 24.3 Å². The van der Waals surface area contributed by atoms with Crippen LogP contribution in [0.25, 0.3) is 0 Å². The molecule has 1 saturated heterocycles. The van der Waals surface area contributed by atoms with Crippen LogP contribution in [0, 0.1) is 0 Å². The first-order valence-electron chi connectivity index (χ1n) is 5.54. The molecule has 0 atom stereocenters. The van der Waals surface area contributed by atoms with Gasteiger partial charge in [0.2, 0.25) is 0 Å². The lowest BCUT2D eigenvalue weighted by atomic mass is 10.2. The lowest BCUT2D eigenvalue weighted by molar-refractivity contribution is 0.0246. The van der Waals surface area contributed by atoms with E-state index < -0.39 is 0 Å². The number of hydrogen-bond acceptors (Lipinski definition) is 2. The predicted octanol–water partition coefficient (Wildman–Crippen LogP) is 2.78.